The molecule has 0 unspecified atom stereocenters. The fourth-order valence-corrected chi connectivity index (χ4v) is 10.3. The first-order chi connectivity index (χ1) is 20.0. The highest BCUT2D eigenvalue weighted by Gasteiger charge is 2.71. The van der Waals surface area contributed by atoms with Crippen LogP contribution in [0.15, 0.2) is 16.6 Å². The summed E-state index contributed by atoms with van der Waals surface area (Å²) in [7, 11) is 1.58. The SMILES string of the molecule is CO[C@@H]1C[C@H](O[C@H]2CC[C@]3(C=NCC#N)[C@H]4CC[C@]5(C)[C@@H](C6=CC(=O)OC6)CC[C@]5(O)[C@@H]4CC[C@]3(O)C2)O[C@H](C)[C@H]1O. The van der Waals surface area contributed by atoms with Crippen LogP contribution in [-0.2, 0) is 23.7 Å². The number of cyclic esters (lactones) is 1. The summed E-state index contributed by atoms with van der Waals surface area (Å²) in [6.45, 7) is 4.32. The lowest BCUT2D eigenvalue weighted by Gasteiger charge is -2.66. The Labute approximate surface area is 248 Å². The van der Waals surface area contributed by atoms with Crippen molar-refractivity contribution in [2.75, 3.05) is 20.3 Å². The number of aliphatic hydroxyl groups is 3. The molecular formula is C32H46N2O8. The third kappa shape index (κ3) is 4.50. The van der Waals surface area contributed by atoms with Crippen LogP contribution in [0.1, 0.15) is 78.1 Å². The van der Waals surface area contributed by atoms with Gasteiger partial charge in [0.1, 0.15) is 19.3 Å². The highest BCUT2D eigenvalue weighted by molar-refractivity contribution is 5.85. The van der Waals surface area contributed by atoms with Crippen molar-refractivity contribution in [3.8, 4) is 6.07 Å². The second-order valence-electron chi connectivity index (χ2n) is 14.0. The Kier molecular flexibility index (Phi) is 7.85. The van der Waals surface area contributed by atoms with E-state index < -0.39 is 35.1 Å². The zero-order valence-corrected chi connectivity index (χ0v) is 25.0. The number of nitrogens with zero attached hydrogens (tertiary/aromatic N) is 2. The number of hydrogen-bond acceptors (Lipinski definition) is 10. The first-order valence-corrected chi connectivity index (χ1v) is 15.7. The van der Waals surface area contributed by atoms with Gasteiger partial charge in [0.25, 0.3) is 0 Å². The Bertz CT molecular complexity index is 1170. The van der Waals surface area contributed by atoms with E-state index in [0.717, 1.165) is 24.8 Å². The zero-order valence-electron chi connectivity index (χ0n) is 25.0. The third-order valence-electron chi connectivity index (χ3n) is 12.4. The van der Waals surface area contributed by atoms with Crippen LogP contribution in [0.3, 0.4) is 0 Å². The standard InChI is InChI=1S/C32H46N2O8/c1-19-28(36)25(39-3)15-27(41-19)42-21-4-9-30(18-34-13-12-33)23-5-8-29(2)22(20-14-26(35)40-17-20)7-11-32(29,38)24(23)6-10-31(30,37)16-21/h14,18-19,21-25,27-28,36-38H,4-11,13,15-17H2,1-3H3/t19-,21+,22-,23+,24-,25-,27+,28-,29-,30+,31+,32+/m1/s1. The molecule has 0 aromatic heterocycles. The number of aliphatic imine (C=N–C) groups is 1. The number of ether oxygens (including phenoxy) is 4. The van der Waals surface area contributed by atoms with E-state index in [1.807, 2.05) is 13.1 Å². The molecule has 5 fully saturated rings. The molecule has 2 aliphatic heterocycles. The van der Waals surface area contributed by atoms with Crippen LogP contribution in [-0.4, -0.2) is 89.7 Å². The molecule has 1 saturated heterocycles. The van der Waals surface area contributed by atoms with Gasteiger partial charge in [-0.2, -0.15) is 5.26 Å². The molecule has 4 aliphatic carbocycles. The number of carbonyl (C=O) groups excluding carboxylic acids is 1. The van der Waals surface area contributed by atoms with Gasteiger partial charge < -0.3 is 34.3 Å². The van der Waals surface area contributed by atoms with E-state index in [1.165, 1.54) is 0 Å². The molecule has 4 saturated carbocycles. The Hall–Kier alpha value is -1.87. The molecule has 6 rings (SSSR count). The van der Waals surface area contributed by atoms with Crippen molar-refractivity contribution >= 4 is 12.2 Å². The van der Waals surface area contributed by atoms with E-state index in [2.05, 4.69) is 18.0 Å². The van der Waals surface area contributed by atoms with Gasteiger partial charge in [0.2, 0.25) is 0 Å². The minimum absolute atomic E-state index is 0.00544. The molecule has 232 valence electrons. The van der Waals surface area contributed by atoms with Crippen LogP contribution in [0.25, 0.3) is 0 Å². The largest absolute Gasteiger partial charge is 0.458 e. The van der Waals surface area contributed by atoms with Crippen LogP contribution >= 0.6 is 0 Å². The fourth-order valence-electron chi connectivity index (χ4n) is 10.3. The van der Waals surface area contributed by atoms with Gasteiger partial charge in [0.05, 0.1) is 35.6 Å². The zero-order chi connectivity index (χ0) is 29.9. The normalized spacial score (nSPS) is 50.4. The Morgan fingerprint density at radius 1 is 1.17 bits per heavy atom. The molecule has 6 aliphatic rings. The molecule has 0 spiro atoms. The van der Waals surface area contributed by atoms with Crippen LogP contribution in [0, 0.1) is 39.9 Å². The first-order valence-electron chi connectivity index (χ1n) is 15.7. The van der Waals surface area contributed by atoms with Crippen LogP contribution in [0.4, 0.5) is 0 Å². The number of fused-ring (bicyclic) bond motifs is 5. The average Bonchev–Trinajstić information content (AvgIpc) is 3.50. The minimum atomic E-state index is -1.10. The van der Waals surface area contributed by atoms with Crippen molar-refractivity contribution in [2.24, 2.45) is 33.6 Å². The van der Waals surface area contributed by atoms with Crippen LogP contribution in [0.2, 0.25) is 0 Å². The maximum absolute atomic E-state index is 12.6. The number of rotatable bonds is 6. The van der Waals surface area contributed by atoms with E-state index >= 15 is 0 Å². The van der Waals surface area contributed by atoms with Crippen molar-refractivity contribution in [1.29, 1.82) is 5.26 Å². The van der Waals surface area contributed by atoms with E-state index in [4.69, 9.17) is 18.9 Å². The number of hydrogen-bond donors (Lipinski definition) is 3. The molecule has 0 amide bonds. The van der Waals surface area contributed by atoms with Crippen molar-refractivity contribution in [3.63, 3.8) is 0 Å². The van der Waals surface area contributed by atoms with Crippen LogP contribution < -0.4 is 0 Å². The van der Waals surface area contributed by atoms with Gasteiger partial charge in [-0.15, -0.1) is 0 Å². The molecule has 3 N–H and O–H groups in total. The number of esters is 1. The quantitative estimate of drug-likeness (QED) is 0.185. The lowest BCUT2D eigenvalue weighted by Crippen LogP contribution is -2.69. The monoisotopic (exact) mass is 586 g/mol. The molecule has 10 nitrogen and oxygen atoms in total. The summed E-state index contributed by atoms with van der Waals surface area (Å²) in [5, 5.41) is 44.7. The van der Waals surface area contributed by atoms with Gasteiger partial charge in [-0.05, 0) is 81.6 Å². The summed E-state index contributed by atoms with van der Waals surface area (Å²) in [5.41, 5.74) is -2.10. The number of carbonyl (C=O) groups is 1. The van der Waals surface area contributed by atoms with Crippen molar-refractivity contribution in [1.82, 2.24) is 0 Å². The van der Waals surface area contributed by atoms with Crippen LogP contribution in [0.5, 0.6) is 0 Å². The van der Waals surface area contributed by atoms with Gasteiger partial charge in [0.15, 0.2) is 6.29 Å². The first kappa shape index (κ1) is 30.2. The molecule has 0 aromatic carbocycles. The Balaban J connectivity index is 1.26. The van der Waals surface area contributed by atoms with E-state index in [9.17, 15) is 25.4 Å². The Morgan fingerprint density at radius 3 is 2.67 bits per heavy atom. The highest BCUT2D eigenvalue weighted by atomic mass is 16.7. The topological polar surface area (TPSA) is 151 Å². The van der Waals surface area contributed by atoms with Gasteiger partial charge in [-0.3, -0.25) is 4.99 Å². The summed E-state index contributed by atoms with van der Waals surface area (Å²) in [6.07, 6.45) is 7.57. The molecule has 10 heteroatoms. The highest BCUT2D eigenvalue weighted by Crippen LogP contribution is 2.70. The summed E-state index contributed by atoms with van der Waals surface area (Å²) in [6, 6.07) is 2.11. The summed E-state index contributed by atoms with van der Waals surface area (Å²) in [5.74, 6) is -0.229. The maximum atomic E-state index is 12.6. The lowest BCUT2D eigenvalue weighted by atomic mass is 9.41. The summed E-state index contributed by atoms with van der Waals surface area (Å²) < 4.78 is 23.1. The predicted octanol–water partition coefficient (Wildman–Crippen LogP) is 2.83. The predicted molar refractivity (Wildman–Crippen MR) is 151 cm³/mol. The fraction of sp³-hybridized carbons (Fsp3) is 0.844. The van der Waals surface area contributed by atoms with E-state index in [1.54, 1.807) is 13.2 Å². The smallest absolute Gasteiger partial charge is 0.331 e. The van der Waals surface area contributed by atoms with Crippen molar-refractivity contribution < 1.29 is 39.1 Å². The lowest BCUT2D eigenvalue weighted by molar-refractivity contribution is -0.284. The van der Waals surface area contributed by atoms with E-state index in [-0.39, 0.29) is 47.9 Å². The maximum Gasteiger partial charge on any atom is 0.331 e. The molecule has 42 heavy (non-hydrogen) atoms. The number of aliphatic hydroxyl groups excluding tert-OH is 1. The molecule has 12 atom stereocenters. The second-order valence-corrected chi connectivity index (χ2v) is 14.0. The molecule has 0 aromatic rings. The summed E-state index contributed by atoms with van der Waals surface area (Å²) >= 11 is 0. The second kappa shape index (κ2) is 10.9. The average molecular weight is 587 g/mol. The molecule has 0 radical (unpaired) electrons. The molecule has 2 heterocycles. The summed E-state index contributed by atoms with van der Waals surface area (Å²) in [4.78, 5) is 16.4. The van der Waals surface area contributed by atoms with Crippen molar-refractivity contribution in [3.05, 3.63) is 11.6 Å². The minimum Gasteiger partial charge on any atom is -0.458 e. The van der Waals surface area contributed by atoms with Gasteiger partial charge in [-0.1, -0.05) is 6.92 Å². The molecular weight excluding hydrogens is 540 g/mol. The molecule has 0 bridgehead atoms. The number of nitriles is 1. The Morgan fingerprint density at radius 2 is 1.95 bits per heavy atom. The van der Waals surface area contributed by atoms with Crippen molar-refractivity contribution in [2.45, 2.75) is 120 Å². The van der Waals surface area contributed by atoms with E-state index in [0.29, 0.717) is 51.6 Å². The van der Waals surface area contributed by atoms with Gasteiger partial charge in [0, 0.05) is 43.1 Å². The number of methoxy groups -OCH3 is 1. The third-order valence-corrected chi connectivity index (χ3v) is 12.4. The van der Waals surface area contributed by atoms with Gasteiger partial charge in [-0.25, -0.2) is 4.79 Å². The van der Waals surface area contributed by atoms with Gasteiger partial charge >= 0.3 is 5.97 Å².